The Labute approximate surface area is 126 Å². The molecule has 2 N–H and O–H groups in total. The maximum Gasteiger partial charge on any atom is 0.124 e. The molecule has 0 saturated heterocycles. The summed E-state index contributed by atoms with van der Waals surface area (Å²) in [6, 6.07) is 12.2. The molecule has 3 heteroatoms. The summed E-state index contributed by atoms with van der Waals surface area (Å²) >= 11 is 0. The Morgan fingerprint density at radius 3 is 3.00 bits per heavy atom. The minimum atomic E-state index is -0.0679. The Bertz CT molecular complexity index is 612. The van der Waals surface area contributed by atoms with E-state index in [2.05, 4.69) is 17.1 Å². The van der Waals surface area contributed by atoms with Crippen LogP contribution in [0.5, 0.6) is 5.75 Å². The number of nitrogens with two attached hydrogens (primary N) is 1. The van der Waals surface area contributed by atoms with Crippen LogP contribution in [0.2, 0.25) is 0 Å². The first kappa shape index (κ1) is 14.1. The van der Waals surface area contributed by atoms with Gasteiger partial charge in [0, 0.05) is 29.4 Å². The van der Waals surface area contributed by atoms with E-state index in [4.69, 9.17) is 10.5 Å². The van der Waals surface area contributed by atoms with Gasteiger partial charge in [-0.25, -0.2) is 0 Å². The van der Waals surface area contributed by atoms with Gasteiger partial charge in [-0.2, -0.15) is 0 Å². The third-order valence-electron chi connectivity index (χ3n) is 4.25. The van der Waals surface area contributed by atoms with E-state index in [0.29, 0.717) is 6.61 Å². The summed E-state index contributed by atoms with van der Waals surface area (Å²) < 4.78 is 5.74. The monoisotopic (exact) mass is 282 g/mol. The normalized spacial score (nSPS) is 18.9. The molecule has 0 spiro atoms. The molecule has 1 aromatic heterocycles. The molecule has 2 aromatic rings. The van der Waals surface area contributed by atoms with Crippen LogP contribution in [-0.2, 0) is 6.42 Å². The molecule has 1 aliphatic carbocycles. The van der Waals surface area contributed by atoms with Crippen molar-refractivity contribution in [3.63, 3.8) is 0 Å². The fraction of sp³-hybridized carbons (Fsp3) is 0.389. The van der Waals surface area contributed by atoms with E-state index >= 15 is 0 Å². The van der Waals surface area contributed by atoms with Crippen LogP contribution < -0.4 is 10.5 Å². The molecule has 0 fully saturated rings. The van der Waals surface area contributed by atoms with Crippen molar-refractivity contribution >= 4 is 0 Å². The highest BCUT2D eigenvalue weighted by atomic mass is 16.5. The highest BCUT2D eigenvalue weighted by Crippen LogP contribution is 2.40. The van der Waals surface area contributed by atoms with Gasteiger partial charge in [0.2, 0.25) is 0 Å². The van der Waals surface area contributed by atoms with Crippen molar-refractivity contribution < 1.29 is 4.74 Å². The summed E-state index contributed by atoms with van der Waals surface area (Å²) in [6.45, 7) is 2.66. The number of aryl methyl sites for hydroxylation is 1. The van der Waals surface area contributed by atoms with E-state index in [1.54, 1.807) is 0 Å². The van der Waals surface area contributed by atoms with Crippen LogP contribution in [0.15, 0.2) is 42.6 Å². The van der Waals surface area contributed by atoms with Crippen LogP contribution >= 0.6 is 0 Å². The van der Waals surface area contributed by atoms with E-state index in [0.717, 1.165) is 24.2 Å². The summed E-state index contributed by atoms with van der Waals surface area (Å²) in [4.78, 5) is 4.60. The van der Waals surface area contributed by atoms with Crippen LogP contribution in [0.25, 0.3) is 0 Å². The zero-order valence-electron chi connectivity index (χ0n) is 12.5. The maximum absolute atomic E-state index is 6.60. The summed E-state index contributed by atoms with van der Waals surface area (Å²) in [5, 5.41) is 0. The number of pyridine rings is 1. The minimum Gasteiger partial charge on any atom is -0.494 e. The Balaban J connectivity index is 1.95. The molecule has 1 aromatic carbocycles. The Morgan fingerprint density at radius 2 is 2.14 bits per heavy atom. The van der Waals surface area contributed by atoms with Gasteiger partial charge in [-0.3, -0.25) is 4.98 Å². The molecule has 1 aliphatic rings. The maximum atomic E-state index is 6.60. The first-order valence-electron chi connectivity index (χ1n) is 7.72. The van der Waals surface area contributed by atoms with Crippen LogP contribution in [0, 0.1) is 0 Å². The molecular formula is C18H22N2O. The number of nitrogens with zero attached hydrogens (tertiary/aromatic N) is 1. The van der Waals surface area contributed by atoms with Crippen LogP contribution in [0.4, 0.5) is 0 Å². The van der Waals surface area contributed by atoms with Gasteiger partial charge >= 0.3 is 0 Å². The van der Waals surface area contributed by atoms with Crippen molar-refractivity contribution in [3.05, 3.63) is 59.4 Å². The lowest BCUT2D eigenvalue weighted by molar-refractivity contribution is 0.330. The van der Waals surface area contributed by atoms with Gasteiger partial charge in [-0.15, -0.1) is 0 Å². The van der Waals surface area contributed by atoms with Crippen molar-refractivity contribution in [2.75, 3.05) is 6.61 Å². The number of rotatable bonds is 4. The molecule has 2 unspecified atom stereocenters. The van der Waals surface area contributed by atoms with Crippen LogP contribution in [0.1, 0.15) is 48.5 Å². The zero-order chi connectivity index (χ0) is 14.7. The molecule has 0 amide bonds. The quantitative estimate of drug-likeness (QED) is 0.932. The predicted molar refractivity (Wildman–Crippen MR) is 84.5 cm³/mol. The Hall–Kier alpha value is -1.87. The molecule has 3 nitrogen and oxygen atoms in total. The van der Waals surface area contributed by atoms with Gasteiger partial charge < -0.3 is 10.5 Å². The lowest BCUT2D eigenvalue weighted by atomic mass is 9.80. The fourth-order valence-electron chi connectivity index (χ4n) is 3.25. The first-order chi connectivity index (χ1) is 10.3. The average Bonchev–Trinajstić information content (AvgIpc) is 2.54. The van der Waals surface area contributed by atoms with Gasteiger partial charge in [0.1, 0.15) is 5.75 Å². The van der Waals surface area contributed by atoms with Gasteiger partial charge in [-0.1, -0.05) is 24.3 Å². The molecule has 3 rings (SSSR count). The van der Waals surface area contributed by atoms with E-state index in [1.165, 1.54) is 17.7 Å². The van der Waals surface area contributed by atoms with Crippen molar-refractivity contribution in [1.29, 1.82) is 0 Å². The summed E-state index contributed by atoms with van der Waals surface area (Å²) in [7, 11) is 0. The minimum absolute atomic E-state index is 0.0679. The second-order valence-electron chi connectivity index (χ2n) is 5.54. The van der Waals surface area contributed by atoms with Crippen LogP contribution in [-0.4, -0.2) is 11.6 Å². The van der Waals surface area contributed by atoms with Crippen LogP contribution in [0.3, 0.4) is 0 Å². The highest BCUT2D eigenvalue weighted by molar-refractivity contribution is 5.39. The fourth-order valence-corrected chi connectivity index (χ4v) is 3.25. The number of hydrogen-bond acceptors (Lipinski definition) is 3. The van der Waals surface area contributed by atoms with E-state index in [-0.39, 0.29) is 12.0 Å². The second kappa shape index (κ2) is 6.27. The van der Waals surface area contributed by atoms with Crippen molar-refractivity contribution in [1.82, 2.24) is 4.98 Å². The van der Waals surface area contributed by atoms with E-state index < -0.39 is 0 Å². The SMILES string of the molecule is CCOc1ccccc1C(N)C1CCCc2cccnc21. The number of hydrogen-bond donors (Lipinski definition) is 1. The van der Waals surface area contributed by atoms with Gasteiger partial charge in [0.15, 0.2) is 0 Å². The Kier molecular flexibility index (Phi) is 4.20. The zero-order valence-corrected chi connectivity index (χ0v) is 12.5. The number of benzene rings is 1. The number of ether oxygens (including phenoxy) is 1. The standard InChI is InChI=1S/C18H22N2O/c1-2-21-16-11-4-3-9-14(16)17(19)15-10-5-7-13-8-6-12-20-18(13)15/h3-4,6,8-9,11-12,15,17H,2,5,7,10,19H2,1H3. The lowest BCUT2D eigenvalue weighted by Gasteiger charge is -2.30. The summed E-state index contributed by atoms with van der Waals surface area (Å²) in [5.74, 6) is 1.17. The summed E-state index contributed by atoms with van der Waals surface area (Å²) in [5.41, 5.74) is 10.2. The van der Waals surface area contributed by atoms with E-state index in [1.807, 2.05) is 37.4 Å². The third kappa shape index (κ3) is 2.79. The molecular weight excluding hydrogens is 260 g/mol. The van der Waals surface area contributed by atoms with Crippen molar-refractivity contribution in [3.8, 4) is 5.75 Å². The molecule has 0 radical (unpaired) electrons. The molecule has 0 aliphatic heterocycles. The lowest BCUT2D eigenvalue weighted by Crippen LogP contribution is -2.25. The highest BCUT2D eigenvalue weighted by Gasteiger charge is 2.29. The topological polar surface area (TPSA) is 48.1 Å². The number of fused-ring (bicyclic) bond motifs is 1. The third-order valence-corrected chi connectivity index (χ3v) is 4.25. The smallest absolute Gasteiger partial charge is 0.124 e. The molecule has 1 heterocycles. The molecule has 2 atom stereocenters. The first-order valence-corrected chi connectivity index (χ1v) is 7.72. The van der Waals surface area contributed by atoms with Gasteiger partial charge in [-0.05, 0) is 43.9 Å². The largest absolute Gasteiger partial charge is 0.494 e. The molecule has 0 saturated carbocycles. The number of para-hydroxylation sites is 1. The van der Waals surface area contributed by atoms with Gasteiger partial charge in [0.25, 0.3) is 0 Å². The number of aromatic nitrogens is 1. The predicted octanol–water partition coefficient (Wildman–Crippen LogP) is 3.60. The van der Waals surface area contributed by atoms with E-state index in [9.17, 15) is 0 Å². The summed E-state index contributed by atoms with van der Waals surface area (Å²) in [6.07, 6.45) is 5.25. The average molecular weight is 282 g/mol. The van der Waals surface area contributed by atoms with Crippen molar-refractivity contribution in [2.24, 2.45) is 5.73 Å². The molecule has 110 valence electrons. The van der Waals surface area contributed by atoms with Gasteiger partial charge in [0.05, 0.1) is 6.61 Å². The van der Waals surface area contributed by atoms with Crippen molar-refractivity contribution in [2.45, 2.75) is 38.1 Å². The molecule has 0 bridgehead atoms. The molecule has 21 heavy (non-hydrogen) atoms. The second-order valence-corrected chi connectivity index (χ2v) is 5.54. The Morgan fingerprint density at radius 1 is 1.29 bits per heavy atom.